The molecule has 0 unspecified atom stereocenters. The number of aliphatic carboxylic acids is 1. The summed E-state index contributed by atoms with van der Waals surface area (Å²) in [5, 5.41) is 12.3. The summed E-state index contributed by atoms with van der Waals surface area (Å²) in [5.41, 5.74) is 1.41. The van der Waals surface area contributed by atoms with Gasteiger partial charge in [0.1, 0.15) is 24.2 Å². The van der Waals surface area contributed by atoms with Crippen LogP contribution in [0.2, 0.25) is 0 Å². The Morgan fingerprint density at radius 1 is 0.672 bits per heavy atom. The van der Waals surface area contributed by atoms with Crippen LogP contribution in [-0.4, -0.2) is 143 Å². The zero-order valence-electron chi connectivity index (χ0n) is 40.2. The summed E-state index contributed by atoms with van der Waals surface area (Å²) in [7, 11) is 3.04. The number of amides is 3. The molecule has 2 aliphatic heterocycles. The molecule has 368 valence electrons. The molecule has 0 bridgehead atoms. The monoisotopic (exact) mass is 934 g/mol. The summed E-state index contributed by atoms with van der Waals surface area (Å²) in [6, 6.07) is 13.8. The van der Waals surface area contributed by atoms with Crippen LogP contribution in [0.15, 0.2) is 60.7 Å². The summed E-state index contributed by atoms with van der Waals surface area (Å²) in [5.74, 6) is -6.74. The van der Waals surface area contributed by atoms with E-state index >= 15 is 0 Å². The van der Waals surface area contributed by atoms with Crippen molar-refractivity contribution in [3.8, 4) is 0 Å². The van der Waals surface area contributed by atoms with Crippen molar-refractivity contribution in [2.45, 2.75) is 154 Å². The number of likely N-dealkylation sites (N-methyl/N-ethyl adjacent to an activating group) is 2. The van der Waals surface area contributed by atoms with Gasteiger partial charge in [0, 0.05) is 33.0 Å². The van der Waals surface area contributed by atoms with E-state index in [-0.39, 0.29) is 57.0 Å². The molecule has 3 amide bonds. The van der Waals surface area contributed by atoms with Crippen molar-refractivity contribution in [1.82, 2.24) is 20.0 Å². The number of hydrogen-bond donors (Lipinski definition) is 2. The predicted octanol–water partition coefficient (Wildman–Crippen LogP) is 4.51. The smallest absolute Gasteiger partial charge is 0.344 e. The van der Waals surface area contributed by atoms with Gasteiger partial charge in [-0.3, -0.25) is 19.2 Å². The molecule has 17 heteroatoms. The molecular formula is C50H70N4O13. The number of nitrogens with zero attached hydrogens (tertiary/aromatic N) is 3. The number of esters is 4. The highest BCUT2D eigenvalue weighted by atomic mass is 16.6. The maximum absolute atomic E-state index is 14.4. The van der Waals surface area contributed by atoms with Crippen LogP contribution in [0.25, 0.3) is 0 Å². The van der Waals surface area contributed by atoms with E-state index in [0.29, 0.717) is 37.7 Å². The second-order valence-electron chi connectivity index (χ2n) is 18.1. The first kappa shape index (κ1) is 53.8. The number of piperidine rings is 2. The summed E-state index contributed by atoms with van der Waals surface area (Å²) < 4.78 is 22.9. The Morgan fingerprint density at radius 3 is 1.54 bits per heavy atom. The molecular weight excluding hydrogens is 865 g/mol. The van der Waals surface area contributed by atoms with E-state index in [1.165, 1.54) is 30.7 Å². The highest BCUT2D eigenvalue weighted by molar-refractivity contribution is 5.93. The van der Waals surface area contributed by atoms with E-state index in [2.05, 4.69) is 5.32 Å². The van der Waals surface area contributed by atoms with Crippen molar-refractivity contribution in [2.75, 3.05) is 27.2 Å². The summed E-state index contributed by atoms with van der Waals surface area (Å²) in [4.78, 5) is 113. The lowest BCUT2D eigenvalue weighted by molar-refractivity contribution is -0.176. The third-order valence-corrected chi connectivity index (χ3v) is 12.6. The highest BCUT2D eigenvalue weighted by Gasteiger charge is 2.43. The van der Waals surface area contributed by atoms with Crippen molar-refractivity contribution in [2.24, 2.45) is 11.8 Å². The molecule has 2 heterocycles. The molecule has 67 heavy (non-hydrogen) atoms. The van der Waals surface area contributed by atoms with Crippen LogP contribution in [0.4, 0.5) is 0 Å². The molecule has 0 spiro atoms. The third-order valence-electron chi connectivity index (χ3n) is 12.6. The molecule has 0 aromatic heterocycles. The topological polar surface area (TPSA) is 215 Å². The van der Waals surface area contributed by atoms with E-state index in [1.807, 2.05) is 58.0 Å². The Balaban J connectivity index is 1.54. The molecule has 17 nitrogen and oxygen atoms in total. The van der Waals surface area contributed by atoms with Gasteiger partial charge in [0.2, 0.25) is 0 Å². The van der Waals surface area contributed by atoms with Crippen molar-refractivity contribution in [3.05, 3.63) is 71.8 Å². The minimum Gasteiger partial charge on any atom is -0.479 e. The molecule has 0 radical (unpaired) electrons. The van der Waals surface area contributed by atoms with E-state index in [9.17, 15) is 43.5 Å². The molecule has 9 atom stereocenters. The van der Waals surface area contributed by atoms with Crippen molar-refractivity contribution >= 4 is 47.6 Å². The molecule has 0 saturated carbocycles. The van der Waals surface area contributed by atoms with Crippen LogP contribution in [0.3, 0.4) is 0 Å². The number of carbonyl (C=O) groups excluding carboxylic acids is 7. The summed E-state index contributed by atoms with van der Waals surface area (Å²) >= 11 is 0. The number of nitrogens with one attached hydrogen (secondary N) is 1. The van der Waals surface area contributed by atoms with Gasteiger partial charge < -0.3 is 44.1 Å². The fourth-order valence-electron chi connectivity index (χ4n) is 8.47. The Bertz CT molecular complexity index is 2000. The fraction of sp³-hybridized carbons (Fsp3) is 0.600. The molecule has 2 aromatic rings. The Kier molecular flexibility index (Phi) is 20.8. The van der Waals surface area contributed by atoms with Gasteiger partial charge in [-0.25, -0.2) is 19.2 Å². The normalized spacial score (nSPS) is 19.4. The molecule has 0 aliphatic carbocycles. The first-order valence-corrected chi connectivity index (χ1v) is 23.6. The van der Waals surface area contributed by atoms with Crippen LogP contribution in [0.1, 0.15) is 104 Å². The van der Waals surface area contributed by atoms with Gasteiger partial charge in [0.05, 0.1) is 0 Å². The number of likely N-dealkylation sites (tertiary alicyclic amines) is 2. The number of rotatable bonds is 22. The average molecular weight is 935 g/mol. The summed E-state index contributed by atoms with van der Waals surface area (Å²) in [6.07, 6.45) is -1.97. The quantitative estimate of drug-likeness (QED) is 0.123. The van der Waals surface area contributed by atoms with Gasteiger partial charge in [0.15, 0.2) is 24.4 Å². The molecule has 2 aliphatic rings. The minimum atomic E-state index is -1.44. The van der Waals surface area contributed by atoms with Crippen LogP contribution in [0.5, 0.6) is 0 Å². The second-order valence-corrected chi connectivity index (χ2v) is 18.1. The highest BCUT2D eigenvalue weighted by Crippen LogP contribution is 2.26. The first-order chi connectivity index (χ1) is 31.9. The van der Waals surface area contributed by atoms with Crippen molar-refractivity contribution in [1.29, 1.82) is 0 Å². The number of benzene rings is 2. The lowest BCUT2D eigenvalue weighted by Crippen LogP contribution is -2.56. The Labute approximate surface area is 394 Å². The Morgan fingerprint density at radius 2 is 1.12 bits per heavy atom. The van der Waals surface area contributed by atoms with E-state index in [1.54, 1.807) is 37.4 Å². The maximum atomic E-state index is 14.4. The number of hydrogen-bond acceptors (Lipinski definition) is 13. The molecule has 4 rings (SSSR count). The zero-order valence-corrected chi connectivity index (χ0v) is 40.2. The van der Waals surface area contributed by atoms with E-state index in [4.69, 9.17) is 18.9 Å². The van der Waals surface area contributed by atoms with Gasteiger partial charge in [-0.1, -0.05) is 94.8 Å². The van der Waals surface area contributed by atoms with E-state index in [0.717, 1.165) is 10.5 Å². The van der Waals surface area contributed by atoms with Gasteiger partial charge in [-0.2, -0.15) is 0 Å². The molecule has 2 saturated heterocycles. The number of carboxylic acids is 1. The fourth-order valence-corrected chi connectivity index (χ4v) is 8.47. The van der Waals surface area contributed by atoms with Crippen LogP contribution >= 0.6 is 0 Å². The van der Waals surface area contributed by atoms with Crippen molar-refractivity contribution < 1.29 is 62.4 Å². The minimum absolute atomic E-state index is 0.0643. The lowest BCUT2D eigenvalue weighted by atomic mass is 9.98. The van der Waals surface area contributed by atoms with Gasteiger partial charge in [-0.05, 0) is 88.8 Å². The summed E-state index contributed by atoms with van der Waals surface area (Å²) in [6.45, 7) is 10.5. The van der Waals surface area contributed by atoms with Crippen LogP contribution in [0, 0.1) is 11.8 Å². The maximum Gasteiger partial charge on any atom is 0.344 e. The van der Waals surface area contributed by atoms with Gasteiger partial charge >= 0.3 is 29.8 Å². The number of carboxylic acid groups (broad SMARTS) is 1. The Hall–Kier alpha value is -5.84. The largest absolute Gasteiger partial charge is 0.479 e. The van der Waals surface area contributed by atoms with Crippen LogP contribution < -0.4 is 5.32 Å². The zero-order chi connectivity index (χ0) is 49.4. The van der Waals surface area contributed by atoms with Gasteiger partial charge in [0.25, 0.3) is 17.7 Å². The standard InChI is InChI=1S/C50H70N4O13/c1-9-32(4)42(51-7)50(63)67-41(30-36-22-14-11-15-23-36)45(57)53-26-18-16-24-37(53)47(60)64-33(5)43(55)52(8)39(28-31(2)3)49(62)66-40(29-35-20-12-10-13-21-35)44(56)54-27-19-17-25-38(54)48(61)65-34(6)46(58)59/h10-15,20-23,31-34,37-42,51H,9,16-19,24-30H2,1-8H3,(H,58,59)/t32-,33+,34+,37-,38-,39-,40+,41+,42-/m0/s1. The molecule has 2 N–H and O–H groups in total. The van der Waals surface area contributed by atoms with Crippen molar-refractivity contribution in [3.63, 3.8) is 0 Å². The number of carbonyl (C=O) groups is 8. The third kappa shape index (κ3) is 15.1. The van der Waals surface area contributed by atoms with Crippen LogP contribution in [-0.2, 0) is 70.1 Å². The second kappa shape index (κ2) is 25.9. The number of ether oxygens (including phenoxy) is 4. The predicted molar refractivity (Wildman–Crippen MR) is 246 cm³/mol. The SMILES string of the molecule is CC[C@H](C)[C@H](NC)C(=O)O[C@H](Cc1ccccc1)C(=O)N1CCCC[C@H]1C(=O)O[C@H](C)C(=O)N(C)[C@@H](CC(C)C)C(=O)O[C@H](Cc1ccccc1)C(=O)N1CCCC[C@H]1C(=O)O[C@H](C)C(=O)O. The van der Waals surface area contributed by atoms with Gasteiger partial charge in [-0.15, -0.1) is 0 Å². The average Bonchev–Trinajstić information content (AvgIpc) is 3.32. The first-order valence-electron chi connectivity index (χ1n) is 23.6. The molecule has 2 fully saturated rings. The lowest BCUT2D eigenvalue weighted by Gasteiger charge is -2.37. The van der Waals surface area contributed by atoms with E-state index < -0.39 is 96.2 Å². The molecule has 2 aromatic carbocycles.